The summed E-state index contributed by atoms with van der Waals surface area (Å²) in [7, 11) is 0. The SMILES string of the molecule is O=C(CCc1ccc(C2=CC=CCC=C2)cc1)NCc1cc(OCc2ccccc2)cc(OCc2ccccc2)c1. The molecule has 0 atom stereocenters. The van der Waals surface area contributed by atoms with Gasteiger partial charge in [-0.1, -0.05) is 115 Å². The Hall–Kier alpha value is -4.83. The fraction of sp³-hybridized carbons (Fsp3) is 0.162. The highest BCUT2D eigenvalue weighted by Gasteiger charge is 2.08. The quantitative estimate of drug-likeness (QED) is 0.198. The molecule has 0 spiro atoms. The predicted molar refractivity (Wildman–Crippen MR) is 165 cm³/mol. The Bertz CT molecular complexity index is 1440. The molecule has 4 nitrogen and oxygen atoms in total. The number of carbonyl (C=O) groups excluding carboxylic acids is 1. The molecule has 0 bridgehead atoms. The molecule has 4 heteroatoms. The summed E-state index contributed by atoms with van der Waals surface area (Å²) in [4.78, 5) is 12.7. The Labute approximate surface area is 242 Å². The van der Waals surface area contributed by atoms with Crippen molar-refractivity contribution in [3.05, 3.63) is 161 Å². The second-order valence-corrected chi connectivity index (χ2v) is 10.0. The molecule has 0 heterocycles. The smallest absolute Gasteiger partial charge is 0.220 e. The number of nitrogens with one attached hydrogen (secondary N) is 1. The van der Waals surface area contributed by atoms with Gasteiger partial charge in [-0.05, 0) is 58.4 Å². The molecule has 206 valence electrons. The highest BCUT2D eigenvalue weighted by atomic mass is 16.5. The number of allylic oxidation sites excluding steroid dienone is 6. The van der Waals surface area contributed by atoms with Gasteiger partial charge in [0.25, 0.3) is 0 Å². The van der Waals surface area contributed by atoms with Gasteiger partial charge in [0.2, 0.25) is 5.91 Å². The van der Waals surface area contributed by atoms with E-state index in [2.05, 4.69) is 60.0 Å². The number of benzene rings is 4. The van der Waals surface area contributed by atoms with Crippen molar-refractivity contribution >= 4 is 11.5 Å². The summed E-state index contributed by atoms with van der Waals surface area (Å²) in [6.07, 6.45) is 12.8. The maximum absolute atomic E-state index is 12.7. The average molecular weight is 542 g/mol. The largest absolute Gasteiger partial charge is 0.489 e. The van der Waals surface area contributed by atoms with E-state index in [1.807, 2.05) is 78.9 Å². The first-order valence-electron chi connectivity index (χ1n) is 14.1. The molecular weight excluding hydrogens is 506 g/mol. The van der Waals surface area contributed by atoms with Crippen LogP contribution in [0.25, 0.3) is 5.57 Å². The molecule has 4 aromatic rings. The van der Waals surface area contributed by atoms with E-state index in [0.717, 1.165) is 28.7 Å². The molecule has 5 rings (SSSR count). The molecular formula is C37H35NO3. The lowest BCUT2D eigenvalue weighted by Gasteiger charge is -2.13. The van der Waals surface area contributed by atoms with E-state index in [0.29, 0.717) is 44.1 Å². The number of ether oxygens (including phenoxy) is 2. The molecule has 1 aliphatic rings. The van der Waals surface area contributed by atoms with Crippen molar-refractivity contribution in [2.45, 2.75) is 39.0 Å². The number of amides is 1. The maximum Gasteiger partial charge on any atom is 0.220 e. The van der Waals surface area contributed by atoms with Gasteiger partial charge in [0.1, 0.15) is 24.7 Å². The number of rotatable bonds is 12. The number of hydrogen-bond acceptors (Lipinski definition) is 3. The Morgan fingerprint density at radius 2 is 1.32 bits per heavy atom. The van der Waals surface area contributed by atoms with E-state index in [-0.39, 0.29) is 5.91 Å². The number of hydrogen-bond donors (Lipinski definition) is 1. The van der Waals surface area contributed by atoms with Crippen LogP contribution in [0.15, 0.2) is 134 Å². The monoisotopic (exact) mass is 541 g/mol. The maximum atomic E-state index is 12.7. The highest BCUT2D eigenvalue weighted by Crippen LogP contribution is 2.25. The van der Waals surface area contributed by atoms with Crippen LogP contribution in [0.1, 0.15) is 40.7 Å². The summed E-state index contributed by atoms with van der Waals surface area (Å²) in [5.74, 6) is 1.42. The second-order valence-electron chi connectivity index (χ2n) is 10.0. The van der Waals surface area contributed by atoms with E-state index in [1.54, 1.807) is 0 Å². The van der Waals surface area contributed by atoms with Gasteiger partial charge >= 0.3 is 0 Å². The van der Waals surface area contributed by atoms with Crippen LogP contribution in [0.4, 0.5) is 0 Å². The normalized spacial score (nSPS) is 12.3. The van der Waals surface area contributed by atoms with Crippen LogP contribution in [-0.4, -0.2) is 5.91 Å². The van der Waals surface area contributed by atoms with Crippen molar-refractivity contribution in [2.75, 3.05) is 0 Å². The first-order valence-corrected chi connectivity index (χ1v) is 14.1. The van der Waals surface area contributed by atoms with Crippen molar-refractivity contribution in [2.24, 2.45) is 0 Å². The van der Waals surface area contributed by atoms with Gasteiger partial charge in [0.15, 0.2) is 0 Å². The minimum atomic E-state index is 0.0102. The molecule has 0 aliphatic heterocycles. The van der Waals surface area contributed by atoms with Gasteiger partial charge in [0, 0.05) is 19.0 Å². The summed E-state index contributed by atoms with van der Waals surface area (Å²) in [5, 5.41) is 3.07. The van der Waals surface area contributed by atoms with Gasteiger partial charge in [-0.15, -0.1) is 0 Å². The Morgan fingerprint density at radius 3 is 1.95 bits per heavy atom. The van der Waals surface area contributed by atoms with Gasteiger partial charge in [-0.25, -0.2) is 0 Å². The van der Waals surface area contributed by atoms with Crippen molar-refractivity contribution in [1.29, 1.82) is 0 Å². The highest BCUT2D eigenvalue weighted by molar-refractivity contribution is 5.77. The van der Waals surface area contributed by atoms with Gasteiger partial charge < -0.3 is 14.8 Å². The molecule has 0 radical (unpaired) electrons. The van der Waals surface area contributed by atoms with Gasteiger partial charge in [-0.2, -0.15) is 0 Å². The first-order chi connectivity index (χ1) is 20.2. The summed E-state index contributed by atoms with van der Waals surface area (Å²) >= 11 is 0. The zero-order valence-corrected chi connectivity index (χ0v) is 23.2. The van der Waals surface area contributed by atoms with Crippen LogP contribution in [0.3, 0.4) is 0 Å². The van der Waals surface area contributed by atoms with Crippen LogP contribution in [0.2, 0.25) is 0 Å². The number of carbonyl (C=O) groups is 1. The lowest BCUT2D eigenvalue weighted by Crippen LogP contribution is -2.23. The third-order valence-electron chi connectivity index (χ3n) is 6.84. The van der Waals surface area contributed by atoms with Gasteiger partial charge in [-0.3, -0.25) is 4.79 Å². The van der Waals surface area contributed by atoms with Crippen molar-refractivity contribution in [1.82, 2.24) is 5.32 Å². The van der Waals surface area contributed by atoms with Crippen LogP contribution in [0, 0.1) is 0 Å². The van der Waals surface area contributed by atoms with Crippen molar-refractivity contribution < 1.29 is 14.3 Å². The third-order valence-corrected chi connectivity index (χ3v) is 6.84. The molecule has 0 aromatic heterocycles. The molecule has 41 heavy (non-hydrogen) atoms. The Balaban J connectivity index is 1.17. The molecule has 4 aromatic carbocycles. The van der Waals surface area contributed by atoms with Crippen LogP contribution in [0.5, 0.6) is 11.5 Å². The first kappa shape index (κ1) is 27.7. The van der Waals surface area contributed by atoms with Crippen molar-refractivity contribution in [3.8, 4) is 11.5 Å². The molecule has 0 unspecified atom stereocenters. The zero-order chi connectivity index (χ0) is 28.1. The molecule has 0 fully saturated rings. The van der Waals surface area contributed by atoms with Crippen molar-refractivity contribution in [3.63, 3.8) is 0 Å². The fourth-order valence-electron chi connectivity index (χ4n) is 4.56. The van der Waals surface area contributed by atoms with Crippen LogP contribution < -0.4 is 14.8 Å². The van der Waals surface area contributed by atoms with Crippen LogP contribution in [-0.2, 0) is 31.0 Å². The molecule has 1 aliphatic carbocycles. The Morgan fingerprint density at radius 1 is 0.683 bits per heavy atom. The summed E-state index contributed by atoms with van der Waals surface area (Å²) in [6, 6.07) is 34.4. The fourth-order valence-corrected chi connectivity index (χ4v) is 4.56. The summed E-state index contributed by atoms with van der Waals surface area (Å²) in [5.41, 5.74) is 6.63. The summed E-state index contributed by atoms with van der Waals surface area (Å²) < 4.78 is 12.2. The predicted octanol–water partition coefficient (Wildman–Crippen LogP) is 7.99. The van der Waals surface area contributed by atoms with E-state index >= 15 is 0 Å². The van der Waals surface area contributed by atoms with Crippen LogP contribution >= 0.6 is 0 Å². The third kappa shape index (κ3) is 8.84. The molecule has 1 N–H and O–H groups in total. The topological polar surface area (TPSA) is 47.6 Å². The standard InChI is InChI=1S/C37H35NO3/c39-37(22-19-29-17-20-34(21-18-29)33-15-9-1-2-10-16-33)38-26-32-23-35(40-27-30-11-5-3-6-12-30)25-36(24-32)41-28-31-13-7-4-8-14-31/h1,3-18,20-21,23-25H,2,19,22,26-28H2,(H,38,39). The van der Waals surface area contributed by atoms with Gasteiger partial charge in [0.05, 0.1) is 0 Å². The second kappa shape index (κ2) is 14.5. The van der Waals surface area contributed by atoms with E-state index in [1.165, 1.54) is 11.1 Å². The van der Waals surface area contributed by atoms with E-state index < -0.39 is 0 Å². The molecule has 1 amide bonds. The molecule has 0 saturated heterocycles. The molecule has 0 saturated carbocycles. The zero-order valence-electron chi connectivity index (χ0n) is 23.2. The number of aryl methyl sites for hydroxylation is 1. The minimum Gasteiger partial charge on any atom is -0.489 e. The summed E-state index contributed by atoms with van der Waals surface area (Å²) in [6.45, 7) is 1.31. The van der Waals surface area contributed by atoms with E-state index in [9.17, 15) is 4.79 Å². The minimum absolute atomic E-state index is 0.0102. The lowest BCUT2D eigenvalue weighted by atomic mass is 10.0. The Kier molecular flexibility index (Phi) is 9.82. The average Bonchev–Trinajstić information content (AvgIpc) is 3.32. The lowest BCUT2D eigenvalue weighted by molar-refractivity contribution is -0.121. The van der Waals surface area contributed by atoms with E-state index in [4.69, 9.17) is 9.47 Å².